The maximum absolute atomic E-state index is 13.5. The highest BCUT2D eigenvalue weighted by atomic mass is 35.5. The van der Waals surface area contributed by atoms with Gasteiger partial charge in [0, 0.05) is 56.6 Å². The van der Waals surface area contributed by atoms with E-state index in [0.717, 1.165) is 74.4 Å². The molecule has 0 radical (unpaired) electrons. The minimum Gasteiger partial charge on any atom is -0.352 e. The second kappa shape index (κ2) is 9.51. The minimum atomic E-state index is -0.248. The monoisotopic (exact) mass is 466 g/mol. The number of rotatable bonds is 4. The van der Waals surface area contributed by atoms with Crippen LogP contribution in [0.1, 0.15) is 26.2 Å². The van der Waals surface area contributed by atoms with Gasteiger partial charge in [0.1, 0.15) is 17.5 Å². The third kappa shape index (κ3) is 4.74. The first-order chi connectivity index (χ1) is 16.1. The van der Waals surface area contributed by atoms with E-state index >= 15 is 0 Å². The molecular formula is C25H28ClFN6. The number of hydrogen-bond donors (Lipinski definition) is 0. The molecule has 0 amide bonds. The van der Waals surface area contributed by atoms with Crippen molar-refractivity contribution in [2.75, 3.05) is 47.4 Å². The second-order valence-electron chi connectivity index (χ2n) is 8.76. The number of aromatic nitrogens is 3. The molecule has 172 valence electrons. The Hall–Kier alpha value is -2.93. The maximum atomic E-state index is 13.5. The third-order valence-electron chi connectivity index (χ3n) is 6.44. The van der Waals surface area contributed by atoms with Crippen molar-refractivity contribution in [3.8, 4) is 11.3 Å². The molecule has 1 atom stereocenters. The van der Waals surface area contributed by atoms with Crippen LogP contribution in [0.4, 0.5) is 22.0 Å². The van der Waals surface area contributed by atoms with E-state index in [-0.39, 0.29) is 11.9 Å². The van der Waals surface area contributed by atoms with E-state index in [2.05, 4.69) is 26.6 Å². The van der Waals surface area contributed by atoms with Gasteiger partial charge in [-0.25, -0.2) is 14.4 Å². The van der Waals surface area contributed by atoms with E-state index in [1.165, 1.54) is 18.6 Å². The quantitative estimate of drug-likeness (QED) is 0.537. The van der Waals surface area contributed by atoms with Crippen LogP contribution in [0, 0.1) is 5.82 Å². The summed E-state index contributed by atoms with van der Waals surface area (Å²) in [5, 5.41) is 0.672. The average Bonchev–Trinajstić information content (AvgIpc) is 2.85. The molecule has 0 spiro atoms. The van der Waals surface area contributed by atoms with Gasteiger partial charge in [0.05, 0.1) is 10.7 Å². The van der Waals surface area contributed by atoms with Crippen molar-refractivity contribution in [2.45, 2.75) is 32.2 Å². The molecule has 5 rings (SSSR count). The summed E-state index contributed by atoms with van der Waals surface area (Å²) in [5.74, 6) is 2.25. The molecule has 0 aliphatic carbocycles. The molecule has 4 heterocycles. The Kier molecular flexibility index (Phi) is 6.31. The number of piperazine rings is 1. The zero-order valence-corrected chi connectivity index (χ0v) is 19.5. The molecule has 8 heteroatoms. The van der Waals surface area contributed by atoms with Gasteiger partial charge in [-0.05, 0) is 62.6 Å². The van der Waals surface area contributed by atoms with Crippen LogP contribution in [0.5, 0.6) is 0 Å². The number of pyridine rings is 1. The maximum Gasteiger partial charge on any atom is 0.227 e. The van der Waals surface area contributed by atoms with Crippen LogP contribution in [0.25, 0.3) is 11.3 Å². The summed E-state index contributed by atoms with van der Waals surface area (Å²) in [6, 6.07) is 12.5. The molecule has 3 aromatic rings. The lowest BCUT2D eigenvalue weighted by atomic mass is 10.1. The molecule has 2 saturated heterocycles. The predicted octanol–water partition coefficient (Wildman–Crippen LogP) is 5.04. The molecule has 0 saturated carbocycles. The summed E-state index contributed by atoms with van der Waals surface area (Å²) < 4.78 is 13.5. The summed E-state index contributed by atoms with van der Waals surface area (Å²) in [4.78, 5) is 21.2. The van der Waals surface area contributed by atoms with E-state index in [0.29, 0.717) is 5.02 Å². The van der Waals surface area contributed by atoms with Crippen LogP contribution in [0.3, 0.4) is 0 Å². The van der Waals surface area contributed by atoms with Crippen molar-refractivity contribution < 1.29 is 4.39 Å². The van der Waals surface area contributed by atoms with Crippen LogP contribution in [-0.2, 0) is 0 Å². The topological polar surface area (TPSA) is 48.4 Å². The number of halogens is 2. The first-order valence-electron chi connectivity index (χ1n) is 11.6. The van der Waals surface area contributed by atoms with Crippen molar-refractivity contribution in [3.63, 3.8) is 0 Å². The lowest BCUT2D eigenvalue weighted by Gasteiger charge is -2.41. The fourth-order valence-electron chi connectivity index (χ4n) is 4.67. The minimum absolute atomic E-state index is 0.210. The van der Waals surface area contributed by atoms with E-state index < -0.39 is 0 Å². The van der Waals surface area contributed by atoms with E-state index in [9.17, 15) is 4.39 Å². The first kappa shape index (κ1) is 21.9. The van der Waals surface area contributed by atoms with Crippen molar-refractivity contribution >= 4 is 29.2 Å². The Bertz CT molecular complexity index is 1100. The Morgan fingerprint density at radius 2 is 1.73 bits per heavy atom. The zero-order chi connectivity index (χ0) is 22.8. The summed E-state index contributed by atoms with van der Waals surface area (Å²) in [6.45, 7) is 6.53. The SMILES string of the molecule is C[C@@H]1CN(c2ncccc2Cl)CCN1c1cc(-c2ccc(F)cc2)nc(N2CCCCC2)n1. The highest BCUT2D eigenvalue weighted by Gasteiger charge is 2.28. The zero-order valence-electron chi connectivity index (χ0n) is 18.8. The fourth-order valence-corrected chi connectivity index (χ4v) is 4.91. The molecule has 33 heavy (non-hydrogen) atoms. The van der Waals surface area contributed by atoms with Gasteiger partial charge >= 0.3 is 0 Å². The Labute approximate surface area is 199 Å². The summed E-state index contributed by atoms with van der Waals surface area (Å²) in [6.07, 6.45) is 5.33. The van der Waals surface area contributed by atoms with Gasteiger partial charge in [-0.2, -0.15) is 4.98 Å². The lowest BCUT2D eigenvalue weighted by Crippen LogP contribution is -2.52. The van der Waals surface area contributed by atoms with Crippen molar-refractivity contribution in [1.29, 1.82) is 0 Å². The second-order valence-corrected chi connectivity index (χ2v) is 9.17. The van der Waals surface area contributed by atoms with Crippen LogP contribution in [0.2, 0.25) is 5.02 Å². The Balaban J connectivity index is 1.46. The third-order valence-corrected chi connectivity index (χ3v) is 6.74. The molecule has 2 aliphatic rings. The van der Waals surface area contributed by atoms with Gasteiger partial charge in [-0.1, -0.05) is 11.6 Å². The van der Waals surface area contributed by atoms with E-state index in [4.69, 9.17) is 21.6 Å². The number of benzene rings is 1. The largest absolute Gasteiger partial charge is 0.352 e. The molecule has 2 aliphatic heterocycles. The van der Waals surface area contributed by atoms with Crippen molar-refractivity contribution in [2.24, 2.45) is 0 Å². The van der Waals surface area contributed by atoms with E-state index in [1.807, 2.05) is 18.2 Å². The molecule has 2 aromatic heterocycles. The Morgan fingerprint density at radius 3 is 2.45 bits per heavy atom. The summed E-state index contributed by atoms with van der Waals surface area (Å²) in [5.41, 5.74) is 1.72. The summed E-state index contributed by atoms with van der Waals surface area (Å²) in [7, 11) is 0. The van der Waals surface area contributed by atoms with Crippen molar-refractivity contribution in [3.05, 3.63) is 59.5 Å². The Morgan fingerprint density at radius 1 is 0.939 bits per heavy atom. The summed E-state index contributed by atoms with van der Waals surface area (Å²) >= 11 is 6.39. The number of nitrogens with zero attached hydrogens (tertiary/aromatic N) is 6. The molecule has 0 N–H and O–H groups in total. The van der Waals surface area contributed by atoms with Crippen LogP contribution < -0.4 is 14.7 Å². The molecule has 2 fully saturated rings. The smallest absolute Gasteiger partial charge is 0.227 e. The fraction of sp³-hybridized carbons (Fsp3) is 0.400. The first-order valence-corrected chi connectivity index (χ1v) is 12.0. The predicted molar refractivity (Wildman–Crippen MR) is 132 cm³/mol. The van der Waals surface area contributed by atoms with Gasteiger partial charge in [0.15, 0.2) is 0 Å². The molecule has 0 unspecified atom stereocenters. The number of anilines is 3. The molecular weight excluding hydrogens is 439 g/mol. The normalized spacial score (nSPS) is 19.1. The van der Waals surface area contributed by atoms with Gasteiger partial charge in [0.25, 0.3) is 0 Å². The van der Waals surface area contributed by atoms with Gasteiger partial charge in [-0.15, -0.1) is 0 Å². The number of hydrogen-bond acceptors (Lipinski definition) is 6. The average molecular weight is 467 g/mol. The van der Waals surface area contributed by atoms with Gasteiger partial charge < -0.3 is 14.7 Å². The lowest BCUT2D eigenvalue weighted by molar-refractivity contribution is 0.539. The van der Waals surface area contributed by atoms with Crippen LogP contribution >= 0.6 is 11.6 Å². The number of piperidine rings is 1. The molecule has 0 bridgehead atoms. The van der Waals surface area contributed by atoms with Crippen molar-refractivity contribution in [1.82, 2.24) is 15.0 Å². The van der Waals surface area contributed by atoms with Crippen LogP contribution in [-0.4, -0.2) is 53.7 Å². The molecule has 6 nitrogen and oxygen atoms in total. The highest BCUT2D eigenvalue weighted by Crippen LogP contribution is 2.30. The highest BCUT2D eigenvalue weighted by molar-refractivity contribution is 6.32. The van der Waals surface area contributed by atoms with Gasteiger partial charge in [-0.3, -0.25) is 0 Å². The van der Waals surface area contributed by atoms with Crippen LogP contribution in [0.15, 0.2) is 48.7 Å². The van der Waals surface area contributed by atoms with Gasteiger partial charge in [0.2, 0.25) is 5.95 Å². The molecule has 1 aromatic carbocycles. The van der Waals surface area contributed by atoms with E-state index in [1.54, 1.807) is 18.3 Å². The standard InChI is InChI=1S/C25H28ClFN6/c1-18-17-32(24-21(26)6-5-11-28-24)14-15-33(18)23-16-22(19-7-9-20(27)10-8-19)29-25(30-23)31-12-3-2-4-13-31/h5-11,16,18H,2-4,12-15,17H2,1H3/t18-/m1/s1.